The summed E-state index contributed by atoms with van der Waals surface area (Å²) in [7, 11) is 0. The number of aryl methyl sites for hydroxylation is 1. The molecule has 1 atom stereocenters. The molecule has 8 heteroatoms. The quantitative estimate of drug-likeness (QED) is 0.356. The fraction of sp³-hybridized carbons (Fsp3) is 0.115. The number of rotatable bonds is 4. The van der Waals surface area contributed by atoms with E-state index >= 15 is 0 Å². The van der Waals surface area contributed by atoms with Gasteiger partial charge in [-0.25, -0.2) is 8.78 Å². The molecule has 170 valence electrons. The largest absolute Gasteiger partial charge is 0.351 e. The Bertz CT molecular complexity index is 1410. The number of halogens is 2. The minimum Gasteiger partial charge on any atom is -0.351 e. The summed E-state index contributed by atoms with van der Waals surface area (Å²) in [5.41, 5.74) is 4.54. The summed E-state index contributed by atoms with van der Waals surface area (Å²) in [6.45, 7) is 3.91. The van der Waals surface area contributed by atoms with Gasteiger partial charge in [0.1, 0.15) is 11.6 Å². The van der Waals surface area contributed by atoms with Crippen molar-refractivity contribution in [3.05, 3.63) is 107 Å². The zero-order chi connectivity index (χ0) is 23.8. The highest BCUT2D eigenvalue weighted by atomic mass is 32.1. The van der Waals surface area contributed by atoms with Gasteiger partial charge in [0, 0.05) is 16.9 Å². The molecular formula is C26H20F2N4OS. The number of allylic oxidation sites excluding steroid dienone is 1. The van der Waals surface area contributed by atoms with Crippen molar-refractivity contribution in [2.45, 2.75) is 19.9 Å². The van der Waals surface area contributed by atoms with E-state index in [1.807, 2.05) is 49.1 Å². The number of hydrogen-bond donors (Lipinski definition) is 1. The lowest BCUT2D eigenvalue weighted by molar-refractivity contribution is 0.404. The third-order valence-corrected chi connectivity index (χ3v) is 6.00. The molecule has 0 fully saturated rings. The maximum atomic E-state index is 14.1. The van der Waals surface area contributed by atoms with Crippen LogP contribution in [0, 0.1) is 18.6 Å². The molecule has 1 unspecified atom stereocenters. The lowest BCUT2D eigenvalue weighted by atomic mass is 9.94. The predicted molar refractivity (Wildman–Crippen MR) is 131 cm³/mol. The van der Waals surface area contributed by atoms with Crippen LogP contribution in [0.2, 0.25) is 0 Å². The van der Waals surface area contributed by atoms with Gasteiger partial charge in [-0.15, -0.1) is 0 Å². The smallest absolute Gasteiger partial charge is 0.258 e. The fourth-order valence-corrected chi connectivity index (χ4v) is 4.40. The van der Waals surface area contributed by atoms with Crippen LogP contribution in [-0.2, 0) is 0 Å². The van der Waals surface area contributed by atoms with Crippen molar-refractivity contribution in [1.29, 1.82) is 0 Å². The minimum atomic E-state index is -0.522. The molecule has 0 saturated carbocycles. The topological polar surface area (TPSA) is 54.2 Å². The van der Waals surface area contributed by atoms with Crippen LogP contribution in [0.4, 0.5) is 14.5 Å². The Kier molecular flexibility index (Phi) is 5.67. The molecule has 34 heavy (non-hydrogen) atoms. The van der Waals surface area contributed by atoms with Gasteiger partial charge in [0.05, 0.1) is 11.6 Å². The predicted octanol–water partition coefficient (Wildman–Crippen LogP) is 6.19. The Morgan fingerprint density at radius 2 is 1.65 bits per heavy atom. The average molecular weight is 475 g/mol. The van der Waals surface area contributed by atoms with Crippen molar-refractivity contribution in [3.63, 3.8) is 0 Å². The molecule has 4 aromatic rings. The van der Waals surface area contributed by atoms with Crippen LogP contribution >= 0.6 is 12.2 Å². The normalized spacial score (nSPS) is 16.1. The summed E-state index contributed by atoms with van der Waals surface area (Å²) in [5.74, 6) is -0.276. The first-order chi connectivity index (χ1) is 16.4. The highest BCUT2D eigenvalue weighted by Gasteiger charge is 2.35. The first kappa shape index (κ1) is 21.9. The third kappa shape index (κ3) is 4.08. The third-order valence-electron chi connectivity index (χ3n) is 5.70. The summed E-state index contributed by atoms with van der Waals surface area (Å²) < 4.78 is 33.5. The summed E-state index contributed by atoms with van der Waals surface area (Å²) in [6.07, 6.45) is 0. The average Bonchev–Trinajstić information content (AvgIpc) is 3.30. The molecule has 1 aliphatic rings. The van der Waals surface area contributed by atoms with E-state index in [0.717, 1.165) is 16.9 Å². The number of benzene rings is 3. The lowest BCUT2D eigenvalue weighted by Gasteiger charge is -2.37. The van der Waals surface area contributed by atoms with E-state index in [4.69, 9.17) is 16.7 Å². The zero-order valence-corrected chi connectivity index (χ0v) is 19.2. The molecule has 0 radical (unpaired) electrons. The summed E-state index contributed by atoms with van der Waals surface area (Å²) in [5, 5.41) is 7.84. The van der Waals surface area contributed by atoms with Crippen LogP contribution in [0.5, 0.6) is 0 Å². The molecule has 0 aliphatic carbocycles. The second kappa shape index (κ2) is 8.79. The number of hydrogen-bond acceptors (Lipinski definition) is 4. The Hall–Kier alpha value is -3.91. The van der Waals surface area contributed by atoms with Gasteiger partial charge in [-0.1, -0.05) is 47.1 Å². The van der Waals surface area contributed by atoms with Gasteiger partial charge in [0.15, 0.2) is 5.11 Å². The SMILES string of the molecule is CC1=C(c2nc(-c3cccc(F)c3)no2)C(c2cccc(F)c2)NC(=S)N1c1ccc(C)cc1. The lowest BCUT2D eigenvalue weighted by Crippen LogP contribution is -2.46. The molecule has 1 aliphatic heterocycles. The number of nitrogens with one attached hydrogen (secondary N) is 1. The van der Waals surface area contributed by atoms with Gasteiger partial charge < -0.3 is 9.84 Å². The second-order valence-corrected chi connectivity index (χ2v) is 8.43. The maximum absolute atomic E-state index is 14.1. The molecule has 5 rings (SSSR count). The monoisotopic (exact) mass is 474 g/mol. The van der Waals surface area contributed by atoms with Crippen molar-refractivity contribution in [1.82, 2.24) is 15.5 Å². The number of thiocarbonyl (C=S) groups is 1. The van der Waals surface area contributed by atoms with E-state index in [-0.39, 0.29) is 17.5 Å². The Morgan fingerprint density at radius 1 is 0.941 bits per heavy atom. The molecule has 0 amide bonds. The van der Waals surface area contributed by atoms with Gasteiger partial charge in [-0.05, 0) is 68.0 Å². The molecule has 0 saturated heterocycles. The van der Waals surface area contributed by atoms with Crippen LogP contribution in [0.3, 0.4) is 0 Å². The van der Waals surface area contributed by atoms with Gasteiger partial charge in [-0.3, -0.25) is 4.90 Å². The van der Waals surface area contributed by atoms with E-state index in [9.17, 15) is 8.78 Å². The van der Waals surface area contributed by atoms with E-state index in [1.54, 1.807) is 18.2 Å². The number of anilines is 1. The van der Waals surface area contributed by atoms with Crippen molar-refractivity contribution in [2.24, 2.45) is 0 Å². The van der Waals surface area contributed by atoms with Crippen LogP contribution in [0.1, 0.15) is 30.0 Å². The highest BCUT2D eigenvalue weighted by Crippen LogP contribution is 2.39. The highest BCUT2D eigenvalue weighted by molar-refractivity contribution is 7.80. The van der Waals surface area contributed by atoms with Crippen molar-refractivity contribution < 1.29 is 13.3 Å². The fourth-order valence-electron chi connectivity index (χ4n) is 4.04. The molecule has 1 aromatic heterocycles. The van der Waals surface area contributed by atoms with E-state index in [0.29, 0.717) is 21.8 Å². The summed E-state index contributed by atoms with van der Waals surface area (Å²) in [4.78, 5) is 6.44. The first-order valence-corrected chi connectivity index (χ1v) is 11.0. The van der Waals surface area contributed by atoms with Gasteiger partial charge >= 0.3 is 0 Å². The van der Waals surface area contributed by atoms with E-state index < -0.39 is 11.9 Å². The Labute approximate surface area is 200 Å². The molecule has 1 N–H and O–H groups in total. The standard InChI is InChI=1S/C26H20F2N4OS/c1-15-9-11-21(12-10-15)32-16(2)22(23(29-26(32)34)17-5-3-7-19(27)13-17)25-30-24(31-33-25)18-6-4-8-20(28)14-18/h3-14,23H,1-2H3,(H,29,34). The van der Waals surface area contributed by atoms with Crippen LogP contribution in [0.15, 0.2) is 83.0 Å². The minimum absolute atomic E-state index is 0.234. The van der Waals surface area contributed by atoms with Crippen molar-refractivity contribution in [3.8, 4) is 11.4 Å². The van der Waals surface area contributed by atoms with Crippen LogP contribution in [0.25, 0.3) is 17.0 Å². The van der Waals surface area contributed by atoms with E-state index in [1.165, 1.54) is 24.3 Å². The Morgan fingerprint density at radius 3 is 2.35 bits per heavy atom. The molecule has 3 aromatic carbocycles. The first-order valence-electron chi connectivity index (χ1n) is 10.6. The van der Waals surface area contributed by atoms with Crippen molar-refractivity contribution >= 4 is 28.6 Å². The number of aromatic nitrogens is 2. The summed E-state index contributed by atoms with van der Waals surface area (Å²) in [6, 6.07) is 19.7. The van der Waals surface area contributed by atoms with Crippen LogP contribution < -0.4 is 10.2 Å². The van der Waals surface area contributed by atoms with E-state index in [2.05, 4.69) is 15.5 Å². The molecule has 0 spiro atoms. The van der Waals surface area contributed by atoms with Gasteiger partial charge in [0.25, 0.3) is 5.89 Å². The Balaban J connectivity index is 1.66. The zero-order valence-electron chi connectivity index (χ0n) is 18.4. The molecule has 5 nitrogen and oxygen atoms in total. The second-order valence-electron chi connectivity index (χ2n) is 8.04. The van der Waals surface area contributed by atoms with Gasteiger partial charge in [0.2, 0.25) is 5.82 Å². The maximum Gasteiger partial charge on any atom is 0.258 e. The molecule has 0 bridgehead atoms. The summed E-state index contributed by atoms with van der Waals surface area (Å²) >= 11 is 5.71. The number of nitrogens with zero attached hydrogens (tertiary/aromatic N) is 3. The van der Waals surface area contributed by atoms with Gasteiger partial charge in [-0.2, -0.15) is 4.98 Å². The van der Waals surface area contributed by atoms with Crippen molar-refractivity contribution in [2.75, 3.05) is 4.90 Å². The molecule has 2 heterocycles. The molecular weight excluding hydrogens is 454 g/mol. The van der Waals surface area contributed by atoms with Crippen LogP contribution in [-0.4, -0.2) is 15.3 Å².